The molecule has 1 atom stereocenters. The summed E-state index contributed by atoms with van der Waals surface area (Å²) in [6.45, 7) is 0. The molecule has 0 aromatic carbocycles. The van der Waals surface area contributed by atoms with Gasteiger partial charge in [-0.1, -0.05) is 6.07 Å². The SMILES string of the molecule is C1=CC(c2ccccn2)N=N1. The lowest BCUT2D eigenvalue weighted by Crippen LogP contribution is -1.90. The summed E-state index contributed by atoms with van der Waals surface area (Å²) in [6, 6.07) is 5.82. The molecule has 1 unspecified atom stereocenters. The van der Waals surface area contributed by atoms with Crippen LogP contribution in [0.5, 0.6) is 0 Å². The lowest BCUT2D eigenvalue weighted by molar-refractivity contribution is 0.839. The highest BCUT2D eigenvalue weighted by atomic mass is 15.1. The highest BCUT2D eigenvalue weighted by Gasteiger charge is 2.09. The van der Waals surface area contributed by atoms with E-state index in [4.69, 9.17) is 0 Å². The molecule has 1 aliphatic rings. The number of hydrogen-bond acceptors (Lipinski definition) is 3. The summed E-state index contributed by atoms with van der Waals surface area (Å²) in [5, 5.41) is 7.70. The third kappa shape index (κ3) is 1.17. The first-order chi connectivity index (χ1) is 5.47. The predicted molar refractivity (Wildman–Crippen MR) is 41.0 cm³/mol. The normalized spacial score (nSPS) is 20.9. The lowest BCUT2D eigenvalue weighted by atomic mass is 10.2. The first-order valence-corrected chi connectivity index (χ1v) is 3.44. The summed E-state index contributed by atoms with van der Waals surface area (Å²) in [6.07, 6.45) is 5.37. The van der Waals surface area contributed by atoms with E-state index in [2.05, 4.69) is 15.2 Å². The molecular formula is C8H7N3. The molecule has 3 heteroatoms. The van der Waals surface area contributed by atoms with Gasteiger partial charge in [0.15, 0.2) is 0 Å². The standard InChI is InChI=1S/C8H7N3/c1-2-5-9-7(3-1)8-4-6-10-11-8/h1-6,8H. The molecule has 1 aromatic heterocycles. The molecule has 0 amide bonds. The highest BCUT2D eigenvalue weighted by Crippen LogP contribution is 2.20. The highest BCUT2D eigenvalue weighted by molar-refractivity contribution is 5.16. The van der Waals surface area contributed by atoms with Gasteiger partial charge in [-0.25, -0.2) is 0 Å². The molecule has 0 saturated carbocycles. The van der Waals surface area contributed by atoms with Crippen molar-refractivity contribution < 1.29 is 0 Å². The molecule has 0 spiro atoms. The van der Waals surface area contributed by atoms with Crippen molar-refractivity contribution in [3.05, 3.63) is 42.4 Å². The average Bonchev–Trinajstić information content (AvgIpc) is 2.58. The Kier molecular flexibility index (Phi) is 1.48. The smallest absolute Gasteiger partial charge is 0.133 e. The molecule has 11 heavy (non-hydrogen) atoms. The lowest BCUT2D eigenvalue weighted by Gasteiger charge is -1.99. The molecule has 54 valence electrons. The molecule has 0 aliphatic carbocycles. The van der Waals surface area contributed by atoms with E-state index >= 15 is 0 Å². The Bertz CT molecular complexity index is 277. The monoisotopic (exact) mass is 145 g/mol. The first kappa shape index (κ1) is 6.22. The van der Waals surface area contributed by atoms with Crippen molar-refractivity contribution in [3.8, 4) is 0 Å². The van der Waals surface area contributed by atoms with E-state index in [-0.39, 0.29) is 6.04 Å². The van der Waals surface area contributed by atoms with Crippen molar-refractivity contribution in [1.29, 1.82) is 0 Å². The zero-order valence-electron chi connectivity index (χ0n) is 5.88. The minimum Gasteiger partial charge on any atom is -0.259 e. The van der Waals surface area contributed by atoms with Gasteiger partial charge in [0.25, 0.3) is 0 Å². The topological polar surface area (TPSA) is 37.6 Å². The molecule has 2 heterocycles. The van der Waals surface area contributed by atoms with Crippen LogP contribution in [0.2, 0.25) is 0 Å². The largest absolute Gasteiger partial charge is 0.259 e. The van der Waals surface area contributed by atoms with Gasteiger partial charge in [-0.2, -0.15) is 10.2 Å². The summed E-state index contributed by atoms with van der Waals surface area (Å²) in [5.74, 6) is 0. The molecule has 0 saturated heterocycles. The zero-order valence-corrected chi connectivity index (χ0v) is 5.88. The van der Waals surface area contributed by atoms with Gasteiger partial charge in [0.05, 0.1) is 5.69 Å². The fraction of sp³-hybridized carbons (Fsp3) is 0.125. The van der Waals surface area contributed by atoms with Crippen LogP contribution in [-0.4, -0.2) is 4.98 Å². The summed E-state index contributed by atoms with van der Waals surface area (Å²) in [5.41, 5.74) is 0.949. The Balaban J connectivity index is 2.30. The fourth-order valence-electron chi connectivity index (χ4n) is 0.977. The van der Waals surface area contributed by atoms with E-state index in [0.29, 0.717) is 0 Å². The van der Waals surface area contributed by atoms with Crippen molar-refractivity contribution in [3.63, 3.8) is 0 Å². The second-order valence-corrected chi connectivity index (χ2v) is 2.27. The zero-order chi connectivity index (χ0) is 7.52. The summed E-state index contributed by atoms with van der Waals surface area (Å²) in [7, 11) is 0. The second kappa shape index (κ2) is 2.62. The Morgan fingerprint density at radius 2 is 2.27 bits per heavy atom. The van der Waals surface area contributed by atoms with Crippen LogP contribution in [0.25, 0.3) is 0 Å². The van der Waals surface area contributed by atoms with Gasteiger partial charge < -0.3 is 0 Å². The van der Waals surface area contributed by atoms with Crippen molar-refractivity contribution in [2.45, 2.75) is 6.04 Å². The summed E-state index contributed by atoms with van der Waals surface area (Å²) >= 11 is 0. The fourth-order valence-corrected chi connectivity index (χ4v) is 0.977. The van der Waals surface area contributed by atoms with E-state index < -0.39 is 0 Å². The van der Waals surface area contributed by atoms with E-state index in [1.54, 1.807) is 12.4 Å². The van der Waals surface area contributed by atoms with Gasteiger partial charge in [-0.05, 0) is 18.2 Å². The Morgan fingerprint density at radius 3 is 2.91 bits per heavy atom. The molecule has 0 N–H and O–H groups in total. The van der Waals surface area contributed by atoms with Crippen molar-refractivity contribution in [1.82, 2.24) is 4.98 Å². The Hall–Kier alpha value is -1.51. The quantitative estimate of drug-likeness (QED) is 0.596. The predicted octanol–water partition coefficient (Wildman–Crippen LogP) is 2.10. The molecule has 2 rings (SSSR count). The first-order valence-electron chi connectivity index (χ1n) is 3.44. The van der Waals surface area contributed by atoms with Crippen LogP contribution in [0.4, 0.5) is 0 Å². The molecule has 1 aliphatic heterocycles. The molecular weight excluding hydrogens is 138 g/mol. The van der Waals surface area contributed by atoms with E-state index in [1.165, 1.54) is 0 Å². The molecule has 0 fully saturated rings. The van der Waals surface area contributed by atoms with Gasteiger partial charge in [0, 0.05) is 12.4 Å². The maximum absolute atomic E-state index is 4.16. The molecule has 1 aromatic rings. The van der Waals surface area contributed by atoms with Gasteiger partial charge in [-0.15, -0.1) is 0 Å². The third-order valence-electron chi connectivity index (χ3n) is 1.52. The van der Waals surface area contributed by atoms with Crippen molar-refractivity contribution >= 4 is 0 Å². The van der Waals surface area contributed by atoms with Gasteiger partial charge in [-0.3, -0.25) is 4.98 Å². The minimum absolute atomic E-state index is 0.0381. The van der Waals surface area contributed by atoms with Gasteiger partial charge in [0.1, 0.15) is 6.04 Å². The van der Waals surface area contributed by atoms with Crippen LogP contribution < -0.4 is 0 Å². The maximum atomic E-state index is 4.16. The maximum Gasteiger partial charge on any atom is 0.133 e. The minimum atomic E-state index is 0.0381. The third-order valence-corrected chi connectivity index (χ3v) is 1.52. The van der Waals surface area contributed by atoms with Crippen molar-refractivity contribution in [2.75, 3.05) is 0 Å². The van der Waals surface area contributed by atoms with Gasteiger partial charge >= 0.3 is 0 Å². The number of rotatable bonds is 1. The summed E-state index contributed by atoms with van der Waals surface area (Å²) < 4.78 is 0. The van der Waals surface area contributed by atoms with E-state index in [1.807, 2.05) is 24.3 Å². The second-order valence-electron chi connectivity index (χ2n) is 2.27. The Labute approximate surface area is 64.5 Å². The Morgan fingerprint density at radius 1 is 1.27 bits per heavy atom. The van der Waals surface area contributed by atoms with E-state index in [0.717, 1.165) is 5.69 Å². The number of pyridine rings is 1. The number of azo groups is 1. The van der Waals surface area contributed by atoms with Crippen LogP contribution in [0.3, 0.4) is 0 Å². The van der Waals surface area contributed by atoms with Crippen molar-refractivity contribution in [2.24, 2.45) is 10.2 Å². The van der Waals surface area contributed by atoms with Crippen LogP contribution in [0, 0.1) is 0 Å². The average molecular weight is 145 g/mol. The van der Waals surface area contributed by atoms with Gasteiger partial charge in [0.2, 0.25) is 0 Å². The van der Waals surface area contributed by atoms with E-state index in [9.17, 15) is 0 Å². The van der Waals surface area contributed by atoms with Crippen LogP contribution >= 0.6 is 0 Å². The van der Waals surface area contributed by atoms with Crippen LogP contribution in [-0.2, 0) is 0 Å². The number of aromatic nitrogens is 1. The van der Waals surface area contributed by atoms with Crippen LogP contribution in [0.1, 0.15) is 11.7 Å². The van der Waals surface area contributed by atoms with Crippen LogP contribution in [0.15, 0.2) is 46.9 Å². The molecule has 3 nitrogen and oxygen atoms in total. The molecule has 0 bridgehead atoms. The molecule has 0 radical (unpaired) electrons. The number of hydrogen-bond donors (Lipinski definition) is 0. The number of nitrogens with zero attached hydrogens (tertiary/aromatic N) is 3. The summed E-state index contributed by atoms with van der Waals surface area (Å²) in [4.78, 5) is 4.16.